The van der Waals surface area contributed by atoms with Crippen molar-refractivity contribution in [3.8, 4) is 0 Å². The van der Waals surface area contributed by atoms with Crippen molar-refractivity contribution in [2.75, 3.05) is 32.1 Å². The fourth-order valence-corrected chi connectivity index (χ4v) is 3.12. The summed E-state index contributed by atoms with van der Waals surface area (Å²) in [6, 6.07) is 8.05. The lowest BCUT2D eigenvalue weighted by molar-refractivity contribution is -0.119. The number of para-hydroxylation sites is 1. The van der Waals surface area contributed by atoms with Crippen molar-refractivity contribution in [1.29, 1.82) is 0 Å². The van der Waals surface area contributed by atoms with Gasteiger partial charge in [-0.15, -0.1) is 12.4 Å². The highest BCUT2D eigenvalue weighted by atomic mass is 35.5. The molecular formula is C15H20ClN3OS. The molecule has 0 bridgehead atoms. The van der Waals surface area contributed by atoms with Gasteiger partial charge in [0.25, 0.3) is 0 Å². The Labute approximate surface area is 135 Å². The van der Waals surface area contributed by atoms with Gasteiger partial charge in [-0.25, -0.2) is 4.98 Å². The van der Waals surface area contributed by atoms with E-state index in [0.29, 0.717) is 6.54 Å². The standard InChI is InChI=1S/C15H19N3OS.ClH/c1-17(2)9-10-18(14(19)11-7-8-11)15-16-12-5-3-4-6-13(12)20-15;/h3-6,11H,7-10H2,1-2H3;1H. The van der Waals surface area contributed by atoms with Gasteiger partial charge in [0.15, 0.2) is 5.13 Å². The first-order valence-electron chi connectivity index (χ1n) is 6.97. The molecule has 114 valence electrons. The quantitative estimate of drug-likeness (QED) is 0.848. The van der Waals surface area contributed by atoms with Gasteiger partial charge >= 0.3 is 0 Å². The van der Waals surface area contributed by atoms with E-state index in [9.17, 15) is 4.79 Å². The van der Waals surface area contributed by atoms with Gasteiger partial charge in [0.1, 0.15) is 0 Å². The first-order chi connectivity index (χ1) is 9.65. The monoisotopic (exact) mass is 325 g/mol. The molecule has 0 saturated heterocycles. The number of fused-ring (bicyclic) bond motifs is 1. The highest BCUT2D eigenvalue weighted by Crippen LogP contribution is 2.35. The molecule has 1 amide bonds. The van der Waals surface area contributed by atoms with E-state index in [1.165, 1.54) is 0 Å². The van der Waals surface area contributed by atoms with Crippen LogP contribution in [0.25, 0.3) is 10.2 Å². The second kappa shape index (κ2) is 6.73. The van der Waals surface area contributed by atoms with Crippen LogP contribution in [-0.4, -0.2) is 43.0 Å². The molecule has 4 nitrogen and oxygen atoms in total. The smallest absolute Gasteiger partial charge is 0.231 e. The molecule has 1 heterocycles. The van der Waals surface area contributed by atoms with E-state index < -0.39 is 0 Å². The SMILES string of the molecule is CN(C)CCN(C(=O)C1CC1)c1nc2ccccc2s1.Cl. The van der Waals surface area contributed by atoms with Crippen LogP contribution < -0.4 is 4.90 Å². The number of amides is 1. The normalized spacial score (nSPS) is 14.2. The van der Waals surface area contributed by atoms with Crippen LogP contribution in [0.2, 0.25) is 0 Å². The number of thiazole rings is 1. The van der Waals surface area contributed by atoms with Crippen LogP contribution in [0, 0.1) is 5.92 Å². The van der Waals surface area contributed by atoms with E-state index >= 15 is 0 Å². The third-order valence-electron chi connectivity index (χ3n) is 3.48. The first kappa shape index (κ1) is 16.2. The summed E-state index contributed by atoms with van der Waals surface area (Å²) in [6.45, 7) is 1.57. The maximum absolute atomic E-state index is 12.5. The van der Waals surface area contributed by atoms with Gasteiger partial charge in [-0.1, -0.05) is 23.5 Å². The molecule has 1 fully saturated rings. The van der Waals surface area contributed by atoms with Crippen molar-refractivity contribution in [1.82, 2.24) is 9.88 Å². The lowest BCUT2D eigenvalue weighted by Gasteiger charge is -2.21. The predicted molar refractivity (Wildman–Crippen MR) is 90.5 cm³/mol. The Kier molecular flexibility index (Phi) is 5.19. The Bertz CT molecular complexity index is 591. The van der Waals surface area contributed by atoms with Crippen LogP contribution in [0.3, 0.4) is 0 Å². The Balaban J connectivity index is 0.00000161. The summed E-state index contributed by atoms with van der Waals surface area (Å²) in [5.74, 6) is 0.468. The van der Waals surface area contributed by atoms with Gasteiger partial charge in [0, 0.05) is 19.0 Å². The van der Waals surface area contributed by atoms with Crippen molar-refractivity contribution in [2.24, 2.45) is 5.92 Å². The average molecular weight is 326 g/mol. The zero-order valence-corrected chi connectivity index (χ0v) is 13.9. The number of likely N-dealkylation sites (N-methyl/N-ethyl adjacent to an activating group) is 1. The van der Waals surface area contributed by atoms with Crippen molar-refractivity contribution in [3.05, 3.63) is 24.3 Å². The predicted octanol–water partition coefficient (Wildman–Crippen LogP) is 3.02. The minimum absolute atomic E-state index is 0. The van der Waals surface area contributed by atoms with E-state index in [0.717, 1.165) is 34.7 Å². The zero-order chi connectivity index (χ0) is 14.1. The second-order valence-corrected chi connectivity index (χ2v) is 6.54. The number of carbonyl (C=O) groups excluding carboxylic acids is 1. The van der Waals surface area contributed by atoms with Crippen LogP contribution in [0.5, 0.6) is 0 Å². The van der Waals surface area contributed by atoms with Crippen LogP contribution >= 0.6 is 23.7 Å². The first-order valence-corrected chi connectivity index (χ1v) is 7.78. The van der Waals surface area contributed by atoms with E-state index in [-0.39, 0.29) is 24.2 Å². The van der Waals surface area contributed by atoms with Crippen LogP contribution in [-0.2, 0) is 4.79 Å². The molecule has 0 atom stereocenters. The molecular weight excluding hydrogens is 306 g/mol. The number of aromatic nitrogens is 1. The summed E-state index contributed by atoms with van der Waals surface area (Å²) < 4.78 is 1.14. The van der Waals surface area contributed by atoms with E-state index in [2.05, 4.69) is 16.0 Å². The Morgan fingerprint density at radius 2 is 2.00 bits per heavy atom. The third kappa shape index (κ3) is 3.73. The molecule has 0 unspecified atom stereocenters. The number of anilines is 1. The third-order valence-corrected chi connectivity index (χ3v) is 4.54. The van der Waals surface area contributed by atoms with Crippen molar-refractivity contribution in [3.63, 3.8) is 0 Å². The molecule has 0 aliphatic heterocycles. The lowest BCUT2D eigenvalue weighted by atomic mass is 10.3. The summed E-state index contributed by atoms with van der Waals surface area (Å²) in [7, 11) is 4.05. The van der Waals surface area contributed by atoms with Gasteiger partial charge in [-0.05, 0) is 39.1 Å². The molecule has 1 aromatic carbocycles. The maximum Gasteiger partial charge on any atom is 0.231 e. The summed E-state index contributed by atoms with van der Waals surface area (Å²) in [5, 5.41) is 0.838. The molecule has 3 rings (SSSR count). The molecule has 1 aliphatic rings. The average Bonchev–Trinajstić information content (AvgIpc) is 3.18. The van der Waals surface area contributed by atoms with E-state index in [1.54, 1.807) is 11.3 Å². The van der Waals surface area contributed by atoms with Gasteiger partial charge in [-0.2, -0.15) is 0 Å². The number of nitrogens with zero attached hydrogens (tertiary/aromatic N) is 3. The van der Waals surface area contributed by atoms with Gasteiger partial charge in [-0.3, -0.25) is 9.69 Å². The summed E-state index contributed by atoms with van der Waals surface area (Å²) >= 11 is 1.61. The molecule has 6 heteroatoms. The maximum atomic E-state index is 12.5. The Morgan fingerprint density at radius 1 is 1.29 bits per heavy atom. The number of hydrogen-bond donors (Lipinski definition) is 0. The molecule has 2 aromatic rings. The molecule has 0 spiro atoms. The largest absolute Gasteiger partial charge is 0.308 e. The highest BCUT2D eigenvalue weighted by Gasteiger charge is 2.35. The number of hydrogen-bond acceptors (Lipinski definition) is 4. The molecule has 21 heavy (non-hydrogen) atoms. The van der Waals surface area contributed by atoms with Crippen molar-refractivity contribution < 1.29 is 4.79 Å². The topological polar surface area (TPSA) is 36.4 Å². The number of halogens is 1. The molecule has 0 N–H and O–H groups in total. The zero-order valence-electron chi connectivity index (χ0n) is 12.3. The fraction of sp³-hybridized carbons (Fsp3) is 0.467. The lowest BCUT2D eigenvalue weighted by Crippen LogP contribution is -2.37. The van der Waals surface area contributed by atoms with Crippen LogP contribution in [0.15, 0.2) is 24.3 Å². The van der Waals surface area contributed by atoms with E-state index in [1.807, 2.05) is 37.2 Å². The number of benzene rings is 1. The van der Waals surface area contributed by atoms with Gasteiger partial charge in [0.2, 0.25) is 5.91 Å². The number of carbonyl (C=O) groups is 1. The minimum Gasteiger partial charge on any atom is -0.308 e. The van der Waals surface area contributed by atoms with Gasteiger partial charge in [0.05, 0.1) is 10.2 Å². The van der Waals surface area contributed by atoms with E-state index in [4.69, 9.17) is 0 Å². The summed E-state index contributed by atoms with van der Waals surface area (Å²) in [6.07, 6.45) is 2.06. The fourth-order valence-electron chi connectivity index (χ4n) is 2.13. The Morgan fingerprint density at radius 3 is 2.62 bits per heavy atom. The van der Waals surface area contributed by atoms with Crippen molar-refractivity contribution >= 4 is 45.0 Å². The van der Waals surface area contributed by atoms with Crippen molar-refractivity contribution in [2.45, 2.75) is 12.8 Å². The molecule has 1 saturated carbocycles. The molecule has 1 aliphatic carbocycles. The Hall–Kier alpha value is -1.17. The minimum atomic E-state index is 0. The number of rotatable bonds is 5. The van der Waals surface area contributed by atoms with Gasteiger partial charge < -0.3 is 4.90 Å². The second-order valence-electron chi connectivity index (χ2n) is 5.53. The summed E-state index contributed by atoms with van der Waals surface area (Å²) in [4.78, 5) is 21.1. The van der Waals surface area contributed by atoms with Crippen LogP contribution in [0.4, 0.5) is 5.13 Å². The summed E-state index contributed by atoms with van der Waals surface area (Å²) in [5.41, 5.74) is 0.978. The molecule has 1 aromatic heterocycles. The molecule has 0 radical (unpaired) electrons. The van der Waals surface area contributed by atoms with Crippen LogP contribution in [0.1, 0.15) is 12.8 Å². The highest BCUT2D eigenvalue weighted by molar-refractivity contribution is 7.22.